The Morgan fingerprint density at radius 1 is 0.906 bits per heavy atom. The van der Waals surface area contributed by atoms with E-state index >= 15 is 0 Å². The second-order valence-electron chi connectivity index (χ2n) is 12.2. The summed E-state index contributed by atoms with van der Waals surface area (Å²) < 4.78 is 24.2. The van der Waals surface area contributed by atoms with Crippen molar-refractivity contribution >= 4 is 0 Å². The van der Waals surface area contributed by atoms with Crippen molar-refractivity contribution in [2.45, 2.75) is 95.7 Å². The van der Waals surface area contributed by atoms with Crippen LogP contribution in [-0.4, -0.2) is 38.6 Å². The van der Waals surface area contributed by atoms with Gasteiger partial charge in [-0.05, 0) is 92.1 Å². The van der Waals surface area contributed by atoms with Gasteiger partial charge in [0.2, 0.25) is 0 Å². The maximum absolute atomic E-state index is 6.75. The van der Waals surface area contributed by atoms with Crippen LogP contribution in [0.2, 0.25) is 0 Å². The van der Waals surface area contributed by atoms with Crippen LogP contribution in [0.15, 0.2) is 6.07 Å². The molecule has 0 N–H and O–H groups in total. The highest BCUT2D eigenvalue weighted by Crippen LogP contribution is 2.63. The van der Waals surface area contributed by atoms with Gasteiger partial charge >= 0.3 is 0 Å². The van der Waals surface area contributed by atoms with Gasteiger partial charge in [0.25, 0.3) is 0 Å². The molecule has 4 saturated carbocycles. The zero-order valence-electron chi connectivity index (χ0n) is 20.4. The van der Waals surface area contributed by atoms with E-state index in [9.17, 15) is 0 Å². The minimum atomic E-state index is -0.0253. The first-order valence-electron chi connectivity index (χ1n) is 13.0. The van der Waals surface area contributed by atoms with Gasteiger partial charge in [-0.25, -0.2) is 0 Å². The van der Waals surface area contributed by atoms with Crippen molar-refractivity contribution in [1.82, 2.24) is 0 Å². The standard InChI is InChI=1S/C28H40O4/c1-5-27(3,4)24-25(31-15-21-13-29-21)17(2)6-23(26(24)32-16-22-14-30-22)28-10-18-7-19(11-28)9-20(8-18)12-28/h6,18-22H,5,7-16H2,1-4H3. The second-order valence-corrected chi connectivity index (χ2v) is 12.2. The molecular formula is C28H40O4. The van der Waals surface area contributed by atoms with Gasteiger partial charge in [0.05, 0.1) is 13.2 Å². The Balaban J connectivity index is 1.48. The van der Waals surface area contributed by atoms with Crippen LogP contribution in [0.1, 0.15) is 82.4 Å². The predicted molar refractivity (Wildman–Crippen MR) is 125 cm³/mol. The minimum Gasteiger partial charge on any atom is -0.490 e. The number of aryl methyl sites for hydroxylation is 1. The zero-order valence-corrected chi connectivity index (χ0v) is 20.4. The van der Waals surface area contributed by atoms with E-state index in [2.05, 4.69) is 33.8 Å². The Bertz CT molecular complexity index is 845. The van der Waals surface area contributed by atoms with E-state index in [0.29, 0.717) is 13.2 Å². The summed E-state index contributed by atoms with van der Waals surface area (Å²) in [7, 11) is 0. The smallest absolute Gasteiger partial charge is 0.130 e. The van der Waals surface area contributed by atoms with Crippen LogP contribution in [0.25, 0.3) is 0 Å². The van der Waals surface area contributed by atoms with Crippen molar-refractivity contribution in [3.05, 3.63) is 22.8 Å². The molecule has 6 aliphatic rings. The van der Waals surface area contributed by atoms with Gasteiger partial charge in [-0.15, -0.1) is 0 Å². The zero-order chi connectivity index (χ0) is 22.1. The molecule has 2 unspecified atom stereocenters. The molecule has 32 heavy (non-hydrogen) atoms. The minimum absolute atomic E-state index is 0.0253. The molecule has 0 amide bonds. The third kappa shape index (κ3) is 3.76. The van der Waals surface area contributed by atoms with Gasteiger partial charge in [-0.1, -0.05) is 20.8 Å². The van der Waals surface area contributed by atoms with Crippen molar-refractivity contribution in [3.63, 3.8) is 0 Å². The van der Waals surface area contributed by atoms with E-state index in [1.54, 1.807) is 0 Å². The molecule has 4 aliphatic carbocycles. The number of epoxide rings is 2. The van der Waals surface area contributed by atoms with Crippen LogP contribution in [-0.2, 0) is 20.3 Å². The summed E-state index contributed by atoms with van der Waals surface area (Å²) in [4.78, 5) is 0. The van der Waals surface area contributed by atoms with Crippen molar-refractivity contribution in [2.24, 2.45) is 17.8 Å². The van der Waals surface area contributed by atoms with E-state index < -0.39 is 0 Å². The molecule has 4 bridgehead atoms. The highest BCUT2D eigenvalue weighted by molar-refractivity contribution is 5.60. The third-order valence-corrected chi connectivity index (χ3v) is 9.22. The van der Waals surface area contributed by atoms with Crippen LogP contribution in [0.3, 0.4) is 0 Å². The first-order valence-corrected chi connectivity index (χ1v) is 13.0. The quantitative estimate of drug-likeness (QED) is 0.462. The molecule has 1 aromatic carbocycles. The molecule has 0 spiro atoms. The fourth-order valence-corrected chi connectivity index (χ4v) is 7.43. The molecular weight excluding hydrogens is 400 g/mol. The summed E-state index contributed by atoms with van der Waals surface area (Å²) in [5.74, 6) is 4.89. The average Bonchev–Trinajstić information content (AvgIpc) is 3.65. The Kier molecular flexibility index (Phi) is 5.08. The summed E-state index contributed by atoms with van der Waals surface area (Å²) >= 11 is 0. The molecule has 6 fully saturated rings. The topological polar surface area (TPSA) is 43.5 Å². The fraction of sp³-hybridized carbons (Fsp3) is 0.786. The number of hydrogen-bond acceptors (Lipinski definition) is 4. The van der Waals surface area contributed by atoms with Crippen LogP contribution >= 0.6 is 0 Å². The van der Waals surface area contributed by atoms with Crippen molar-refractivity contribution in [3.8, 4) is 11.5 Å². The molecule has 7 rings (SSSR count). The lowest BCUT2D eigenvalue weighted by Gasteiger charge is -2.57. The molecule has 2 atom stereocenters. The van der Waals surface area contributed by atoms with Crippen molar-refractivity contribution in [1.29, 1.82) is 0 Å². The molecule has 2 saturated heterocycles. The molecule has 0 aromatic heterocycles. The van der Waals surface area contributed by atoms with Crippen LogP contribution in [0, 0.1) is 24.7 Å². The van der Waals surface area contributed by atoms with E-state index in [1.165, 1.54) is 55.2 Å². The van der Waals surface area contributed by atoms with E-state index in [-0.39, 0.29) is 23.0 Å². The Morgan fingerprint density at radius 2 is 1.41 bits per heavy atom. The molecule has 4 heteroatoms. The fourth-order valence-electron chi connectivity index (χ4n) is 7.43. The van der Waals surface area contributed by atoms with Gasteiger partial charge in [0.1, 0.15) is 36.9 Å². The molecule has 1 aromatic rings. The Hall–Kier alpha value is -1.26. The van der Waals surface area contributed by atoms with E-state index in [1.807, 2.05) is 0 Å². The Morgan fingerprint density at radius 3 is 1.88 bits per heavy atom. The lowest BCUT2D eigenvalue weighted by atomic mass is 9.47. The summed E-state index contributed by atoms with van der Waals surface area (Å²) in [6.45, 7) is 12.2. The van der Waals surface area contributed by atoms with Crippen LogP contribution in [0.4, 0.5) is 0 Å². The first kappa shape index (κ1) is 21.3. The number of benzene rings is 1. The highest BCUT2D eigenvalue weighted by Gasteiger charge is 2.53. The van der Waals surface area contributed by atoms with Gasteiger partial charge < -0.3 is 18.9 Å². The molecule has 2 aliphatic heterocycles. The summed E-state index contributed by atoms with van der Waals surface area (Å²) in [6.07, 6.45) is 9.95. The summed E-state index contributed by atoms with van der Waals surface area (Å²) in [6, 6.07) is 2.45. The predicted octanol–water partition coefficient (Wildman–Crippen LogP) is 5.71. The van der Waals surface area contributed by atoms with E-state index in [4.69, 9.17) is 18.9 Å². The highest BCUT2D eigenvalue weighted by atomic mass is 16.6. The van der Waals surface area contributed by atoms with Gasteiger partial charge in [-0.3, -0.25) is 0 Å². The normalized spacial score (nSPS) is 36.9. The first-order chi connectivity index (χ1) is 15.4. The molecule has 4 nitrogen and oxygen atoms in total. The van der Waals surface area contributed by atoms with E-state index in [0.717, 1.165) is 48.9 Å². The number of rotatable bonds is 9. The van der Waals surface area contributed by atoms with Crippen molar-refractivity contribution < 1.29 is 18.9 Å². The average molecular weight is 441 g/mol. The van der Waals surface area contributed by atoms with Crippen LogP contribution < -0.4 is 9.47 Å². The van der Waals surface area contributed by atoms with Crippen LogP contribution in [0.5, 0.6) is 11.5 Å². The summed E-state index contributed by atoms with van der Waals surface area (Å²) in [5, 5.41) is 0. The SMILES string of the molecule is CCC(C)(C)c1c(OCC2CO2)c(C)cc(C23CC4CC(CC(C4)C2)C3)c1OCC1CO1. The summed E-state index contributed by atoms with van der Waals surface area (Å²) in [5.41, 5.74) is 4.30. The maximum Gasteiger partial charge on any atom is 0.130 e. The molecule has 2 heterocycles. The third-order valence-electron chi connectivity index (χ3n) is 9.22. The largest absolute Gasteiger partial charge is 0.490 e. The van der Waals surface area contributed by atoms with Gasteiger partial charge in [0.15, 0.2) is 0 Å². The lowest BCUT2D eigenvalue weighted by molar-refractivity contribution is -0.00663. The number of hydrogen-bond donors (Lipinski definition) is 0. The van der Waals surface area contributed by atoms with Crippen molar-refractivity contribution in [2.75, 3.05) is 26.4 Å². The second kappa shape index (κ2) is 7.63. The number of ether oxygens (including phenoxy) is 4. The Labute approximate surface area is 193 Å². The maximum atomic E-state index is 6.75. The monoisotopic (exact) mass is 440 g/mol. The molecule has 0 radical (unpaired) electrons. The van der Waals surface area contributed by atoms with Gasteiger partial charge in [0, 0.05) is 11.1 Å². The lowest BCUT2D eigenvalue weighted by Crippen LogP contribution is -2.49. The molecule has 176 valence electrons. The van der Waals surface area contributed by atoms with Gasteiger partial charge in [-0.2, -0.15) is 0 Å².